The van der Waals surface area contributed by atoms with E-state index in [-0.39, 0.29) is 5.91 Å². The molecule has 2 heterocycles. The van der Waals surface area contributed by atoms with Gasteiger partial charge in [-0.15, -0.1) is 10.2 Å². The fraction of sp³-hybridized carbons (Fsp3) is 0.438. The first-order chi connectivity index (χ1) is 11.2. The molecule has 1 amide bonds. The molecule has 0 aliphatic carbocycles. The van der Waals surface area contributed by atoms with Crippen molar-refractivity contribution in [3.05, 3.63) is 47.0 Å². The van der Waals surface area contributed by atoms with Crippen LogP contribution in [0.5, 0.6) is 0 Å². The maximum atomic E-state index is 12.5. The van der Waals surface area contributed by atoms with E-state index in [1.165, 1.54) is 0 Å². The average molecular weight is 335 g/mol. The van der Waals surface area contributed by atoms with Crippen LogP contribution in [0.3, 0.4) is 0 Å². The van der Waals surface area contributed by atoms with Crippen LogP contribution >= 0.6 is 11.6 Å². The average Bonchev–Trinajstić information content (AvgIpc) is 3.03. The van der Waals surface area contributed by atoms with E-state index in [1.54, 1.807) is 37.7 Å². The Hall–Kier alpha value is -1.92. The molecule has 1 aliphatic heterocycles. The normalized spacial score (nSPS) is 15.8. The van der Waals surface area contributed by atoms with Crippen molar-refractivity contribution in [3.8, 4) is 0 Å². The number of carbonyl (C=O) groups is 1. The third-order valence-electron chi connectivity index (χ3n) is 4.14. The third-order valence-corrected chi connectivity index (χ3v) is 4.37. The van der Waals surface area contributed by atoms with E-state index in [0.29, 0.717) is 36.3 Å². The second-order valence-corrected chi connectivity index (χ2v) is 6.06. The highest BCUT2D eigenvalue weighted by Crippen LogP contribution is 2.25. The molecule has 3 rings (SSSR count). The molecule has 1 aromatic heterocycles. The molecule has 1 aliphatic rings. The minimum absolute atomic E-state index is 0.0341. The SMILES string of the molecule is COCc1nncn1C1CCN(C(=O)c2cccc(Cl)c2)CC1. The van der Waals surface area contributed by atoms with Crippen molar-refractivity contribution in [1.82, 2.24) is 19.7 Å². The number of amides is 1. The van der Waals surface area contributed by atoms with E-state index >= 15 is 0 Å². The molecular weight excluding hydrogens is 316 g/mol. The second-order valence-electron chi connectivity index (χ2n) is 5.62. The summed E-state index contributed by atoms with van der Waals surface area (Å²) in [7, 11) is 1.64. The van der Waals surface area contributed by atoms with Gasteiger partial charge in [-0.2, -0.15) is 0 Å². The zero-order valence-electron chi connectivity index (χ0n) is 13.0. The number of nitrogens with zero attached hydrogens (tertiary/aromatic N) is 4. The Kier molecular flexibility index (Phi) is 4.93. The monoisotopic (exact) mass is 334 g/mol. The summed E-state index contributed by atoms with van der Waals surface area (Å²) in [5.74, 6) is 0.860. The van der Waals surface area contributed by atoms with Crippen LogP contribution in [0.15, 0.2) is 30.6 Å². The Morgan fingerprint density at radius 2 is 2.17 bits per heavy atom. The van der Waals surface area contributed by atoms with Gasteiger partial charge in [-0.3, -0.25) is 4.79 Å². The summed E-state index contributed by atoms with van der Waals surface area (Å²) in [6.45, 7) is 1.86. The van der Waals surface area contributed by atoms with Crippen LogP contribution in [0.25, 0.3) is 0 Å². The molecular formula is C16H19ClN4O2. The van der Waals surface area contributed by atoms with Gasteiger partial charge in [-0.25, -0.2) is 0 Å². The zero-order valence-corrected chi connectivity index (χ0v) is 13.7. The predicted molar refractivity (Wildman–Crippen MR) is 86.4 cm³/mol. The Balaban J connectivity index is 1.64. The number of methoxy groups -OCH3 is 1. The first-order valence-corrected chi connectivity index (χ1v) is 7.99. The van der Waals surface area contributed by atoms with E-state index in [1.807, 2.05) is 4.90 Å². The van der Waals surface area contributed by atoms with Crippen LogP contribution in [0.2, 0.25) is 5.02 Å². The highest BCUT2D eigenvalue weighted by atomic mass is 35.5. The van der Waals surface area contributed by atoms with Crippen molar-refractivity contribution >= 4 is 17.5 Å². The molecule has 7 heteroatoms. The topological polar surface area (TPSA) is 60.3 Å². The van der Waals surface area contributed by atoms with Gasteiger partial charge in [0.2, 0.25) is 0 Å². The summed E-state index contributed by atoms with van der Waals surface area (Å²) in [5.41, 5.74) is 0.639. The lowest BCUT2D eigenvalue weighted by Gasteiger charge is -2.33. The van der Waals surface area contributed by atoms with E-state index in [0.717, 1.165) is 18.7 Å². The summed E-state index contributed by atoms with van der Waals surface area (Å²) in [6, 6.07) is 7.40. The van der Waals surface area contributed by atoms with Crippen LogP contribution < -0.4 is 0 Å². The molecule has 0 unspecified atom stereocenters. The fourth-order valence-electron chi connectivity index (χ4n) is 2.96. The standard InChI is InChI=1S/C16H19ClN4O2/c1-23-10-15-19-18-11-21(15)14-5-7-20(8-6-14)16(22)12-3-2-4-13(17)9-12/h2-4,9,11,14H,5-8,10H2,1H3. The van der Waals surface area contributed by atoms with Gasteiger partial charge >= 0.3 is 0 Å². The predicted octanol–water partition coefficient (Wildman–Crippen LogP) is 2.56. The van der Waals surface area contributed by atoms with Crippen LogP contribution in [-0.4, -0.2) is 45.8 Å². The number of likely N-dealkylation sites (tertiary alicyclic amines) is 1. The van der Waals surface area contributed by atoms with Crippen molar-refractivity contribution in [3.63, 3.8) is 0 Å². The van der Waals surface area contributed by atoms with Crippen LogP contribution in [-0.2, 0) is 11.3 Å². The van der Waals surface area contributed by atoms with Crippen molar-refractivity contribution in [2.75, 3.05) is 20.2 Å². The highest BCUT2D eigenvalue weighted by molar-refractivity contribution is 6.30. The number of piperidine rings is 1. The van der Waals surface area contributed by atoms with Crippen molar-refractivity contribution < 1.29 is 9.53 Å². The maximum absolute atomic E-state index is 12.5. The third kappa shape index (κ3) is 3.54. The Morgan fingerprint density at radius 3 is 2.87 bits per heavy atom. The first kappa shape index (κ1) is 16.0. The minimum atomic E-state index is 0.0341. The number of rotatable bonds is 4. The van der Waals surface area contributed by atoms with Crippen LogP contribution in [0, 0.1) is 0 Å². The molecule has 0 N–H and O–H groups in total. The molecule has 2 aromatic rings. The summed E-state index contributed by atoms with van der Waals surface area (Å²) in [4.78, 5) is 14.4. The van der Waals surface area contributed by atoms with Crippen molar-refractivity contribution in [2.45, 2.75) is 25.5 Å². The van der Waals surface area contributed by atoms with E-state index in [2.05, 4.69) is 14.8 Å². The summed E-state index contributed by atoms with van der Waals surface area (Å²) in [6.07, 6.45) is 3.50. The van der Waals surface area contributed by atoms with Gasteiger partial charge in [-0.05, 0) is 31.0 Å². The Labute approximate surface area is 140 Å². The second kappa shape index (κ2) is 7.10. The number of aromatic nitrogens is 3. The highest BCUT2D eigenvalue weighted by Gasteiger charge is 2.26. The summed E-state index contributed by atoms with van der Waals surface area (Å²) in [5, 5.41) is 8.63. The Morgan fingerprint density at radius 1 is 1.39 bits per heavy atom. The minimum Gasteiger partial charge on any atom is -0.377 e. The Bertz CT molecular complexity index is 680. The number of halogens is 1. The molecule has 0 atom stereocenters. The molecule has 23 heavy (non-hydrogen) atoms. The lowest BCUT2D eigenvalue weighted by atomic mass is 10.0. The summed E-state index contributed by atoms with van der Waals surface area (Å²) < 4.78 is 7.21. The number of benzene rings is 1. The molecule has 1 saturated heterocycles. The molecule has 0 saturated carbocycles. The molecule has 122 valence electrons. The first-order valence-electron chi connectivity index (χ1n) is 7.61. The molecule has 6 nitrogen and oxygen atoms in total. The molecule has 0 radical (unpaired) electrons. The van der Waals surface area contributed by atoms with Gasteiger partial charge in [0.05, 0.1) is 0 Å². The quantitative estimate of drug-likeness (QED) is 0.862. The number of carbonyl (C=O) groups excluding carboxylic acids is 1. The largest absolute Gasteiger partial charge is 0.377 e. The van der Waals surface area contributed by atoms with Gasteiger partial charge in [-0.1, -0.05) is 17.7 Å². The van der Waals surface area contributed by atoms with Gasteiger partial charge in [0, 0.05) is 36.8 Å². The maximum Gasteiger partial charge on any atom is 0.253 e. The number of ether oxygens (including phenoxy) is 1. The van der Waals surface area contributed by atoms with E-state index < -0.39 is 0 Å². The summed E-state index contributed by atoms with van der Waals surface area (Å²) >= 11 is 5.97. The smallest absolute Gasteiger partial charge is 0.253 e. The lowest BCUT2D eigenvalue weighted by molar-refractivity contribution is 0.0690. The van der Waals surface area contributed by atoms with Gasteiger partial charge in [0.1, 0.15) is 12.9 Å². The number of hydrogen-bond donors (Lipinski definition) is 0. The molecule has 1 aromatic carbocycles. The van der Waals surface area contributed by atoms with Crippen molar-refractivity contribution in [1.29, 1.82) is 0 Å². The molecule has 0 bridgehead atoms. The van der Waals surface area contributed by atoms with Crippen LogP contribution in [0.1, 0.15) is 35.1 Å². The lowest BCUT2D eigenvalue weighted by Crippen LogP contribution is -2.39. The van der Waals surface area contributed by atoms with Gasteiger partial charge in [0.25, 0.3) is 5.91 Å². The van der Waals surface area contributed by atoms with E-state index in [4.69, 9.17) is 16.3 Å². The van der Waals surface area contributed by atoms with Gasteiger partial charge < -0.3 is 14.2 Å². The molecule has 0 spiro atoms. The van der Waals surface area contributed by atoms with Crippen LogP contribution in [0.4, 0.5) is 0 Å². The molecule has 1 fully saturated rings. The zero-order chi connectivity index (χ0) is 16.2. The number of hydrogen-bond acceptors (Lipinski definition) is 4. The van der Waals surface area contributed by atoms with E-state index in [9.17, 15) is 4.79 Å². The fourth-order valence-corrected chi connectivity index (χ4v) is 3.15. The van der Waals surface area contributed by atoms with Gasteiger partial charge in [0.15, 0.2) is 5.82 Å². The van der Waals surface area contributed by atoms with Crippen molar-refractivity contribution in [2.24, 2.45) is 0 Å².